The summed E-state index contributed by atoms with van der Waals surface area (Å²) in [6, 6.07) is 11.7. The third-order valence-corrected chi connectivity index (χ3v) is 3.71. The zero-order valence-electron chi connectivity index (χ0n) is 15.8. The predicted octanol–water partition coefficient (Wildman–Crippen LogP) is 3.29. The van der Waals surface area contributed by atoms with Crippen molar-refractivity contribution in [1.29, 1.82) is 0 Å². The largest absolute Gasteiger partial charge is 0.497 e. The number of hydrogen-bond donors (Lipinski definition) is 1. The van der Waals surface area contributed by atoms with Gasteiger partial charge in [-0.15, -0.1) is 0 Å². The van der Waals surface area contributed by atoms with Gasteiger partial charge in [-0.25, -0.2) is 4.79 Å². The second-order valence-corrected chi connectivity index (χ2v) is 5.56. The van der Waals surface area contributed by atoms with Crippen LogP contribution in [0.1, 0.15) is 24.2 Å². The van der Waals surface area contributed by atoms with Crippen LogP contribution in [0.2, 0.25) is 0 Å². The summed E-state index contributed by atoms with van der Waals surface area (Å²) in [6.45, 7) is 3.95. The number of carbonyl (C=O) groups is 2. The van der Waals surface area contributed by atoms with Gasteiger partial charge in [-0.1, -0.05) is 0 Å². The molecule has 0 heterocycles. The Bertz CT molecular complexity index is 788. The molecule has 2 aromatic carbocycles. The quantitative estimate of drug-likeness (QED) is 0.715. The molecule has 144 valence electrons. The number of benzene rings is 2. The first-order valence-corrected chi connectivity index (χ1v) is 8.45. The highest BCUT2D eigenvalue weighted by Crippen LogP contribution is 2.25. The Kier molecular flexibility index (Phi) is 7.05. The van der Waals surface area contributed by atoms with Gasteiger partial charge >= 0.3 is 5.97 Å². The van der Waals surface area contributed by atoms with E-state index in [1.165, 1.54) is 27.2 Å². The highest BCUT2D eigenvalue weighted by molar-refractivity contribution is 5.98. The van der Waals surface area contributed by atoms with E-state index in [4.69, 9.17) is 18.9 Å². The molecule has 2 aromatic rings. The summed E-state index contributed by atoms with van der Waals surface area (Å²) in [6.07, 6.45) is -1.00. The van der Waals surface area contributed by atoms with Crippen LogP contribution in [0.5, 0.6) is 17.2 Å². The molecule has 27 heavy (non-hydrogen) atoms. The van der Waals surface area contributed by atoms with Crippen LogP contribution in [0.3, 0.4) is 0 Å². The summed E-state index contributed by atoms with van der Waals surface area (Å²) in [5, 5.41) is 2.69. The minimum atomic E-state index is -1.00. The minimum Gasteiger partial charge on any atom is -0.497 e. The number of anilines is 1. The molecule has 1 atom stereocenters. The number of amides is 1. The summed E-state index contributed by atoms with van der Waals surface area (Å²) in [5.41, 5.74) is 0.753. The monoisotopic (exact) mass is 373 g/mol. The lowest BCUT2D eigenvalue weighted by molar-refractivity contribution is -0.123. The lowest BCUT2D eigenvalue weighted by Crippen LogP contribution is -2.30. The van der Waals surface area contributed by atoms with Crippen LogP contribution in [-0.2, 0) is 9.53 Å². The molecule has 1 unspecified atom stereocenters. The third kappa shape index (κ3) is 5.37. The Balaban J connectivity index is 2.02. The number of ether oxygens (including phenoxy) is 4. The van der Waals surface area contributed by atoms with E-state index in [0.717, 1.165) is 0 Å². The summed E-state index contributed by atoms with van der Waals surface area (Å²) in [4.78, 5) is 24.7. The molecule has 0 fully saturated rings. The molecule has 0 aliphatic heterocycles. The maximum Gasteiger partial charge on any atom is 0.342 e. The fourth-order valence-electron chi connectivity index (χ4n) is 2.30. The van der Waals surface area contributed by atoms with E-state index in [9.17, 15) is 9.59 Å². The van der Waals surface area contributed by atoms with Gasteiger partial charge in [0.15, 0.2) is 6.10 Å². The minimum absolute atomic E-state index is 0.178. The van der Waals surface area contributed by atoms with E-state index in [1.807, 2.05) is 6.92 Å². The first kappa shape index (κ1) is 20.1. The van der Waals surface area contributed by atoms with Gasteiger partial charge in [0.05, 0.1) is 20.8 Å². The van der Waals surface area contributed by atoms with Crippen LogP contribution in [-0.4, -0.2) is 38.8 Å². The zero-order valence-corrected chi connectivity index (χ0v) is 15.8. The first-order valence-electron chi connectivity index (χ1n) is 8.45. The summed E-state index contributed by atoms with van der Waals surface area (Å²) >= 11 is 0. The molecule has 0 saturated heterocycles. The van der Waals surface area contributed by atoms with Crippen molar-refractivity contribution in [3.8, 4) is 17.2 Å². The molecule has 7 heteroatoms. The smallest absolute Gasteiger partial charge is 0.342 e. The van der Waals surface area contributed by atoms with Crippen LogP contribution >= 0.6 is 0 Å². The number of carbonyl (C=O) groups excluding carboxylic acids is 2. The molecule has 1 amide bonds. The van der Waals surface area contributed by atoms with Gasteiger partial charge in [0.25, 0.3) is 5.91 Å². The van der Waals surface area contributed by atoms with E-state index in [-0.39, 0.29) is 5.56 Å². The molecule has 0 aliphatic rings. The predicted molar refractivity (Wildman–Crippen MR) is 101 cm³/mol. The lowest BCUT2D eigenvalue weighted by Gasteiger charge is -2.15. The Hall–Kier alpha value is -3.22. The summed E-state index contributed by atoms with van der Waals surface area (Å²) < 4.78 is 20.9. The Morgan fingerprint density at radius 3 is 2.26 bits per heavy atom. The molecular weight excluding hydrogens is 350 g/mol. The molecule has 0 bridgehead atoms. The van der Waals surface area contributed by atoms with E-state index >= 15 is 0 Å². The number of hydrogen-bond acceptors (Lipinski definition) is 6. The van der Waals surface area contributed by atoms with Crippen molar-refractivity contribution in [3.63, 3.8) is 0 Å². The van der Waals surface area contributed by atoms with Crippen LogP contribution in [0, 0.1) is 0 Å². The molecule has 0 aromatic heterocycles. The van der Waals surface area contributed by atoms with Crippen molar-refractivity contribution in [2.24, 2.45) is 0 Å². The molecule has 0 aliphatic carbocycles. The van der Waals surface area contributed by atoms with E-state index < -0.39 is 18.0 Å². The number of methoxy groups -OCH3 is 2. The fourth-order valence-corrected chi connectivity index (χ4v) is 2.30. The van der Waals surface area contributed by atoms with Gasteiger partial charge < -0.3 is 24.3 Å². The highest BCUT2D eigenvalue weighted by atomic mass is 16.5. The fraction of sp³-hybridized carbons (Fsp3) is 0.300. The standard InChI is InChI=1S/C20H23NO6/c1-5-26-15-8-6-14(7-9-15)21-19(22)13(2)27-20(23)17-12-16(24-3)10-11-18(17)25-4/h6-13H,5H2,1-4H3,(H,21,22). The molecular formula is C20H23NO6. The molecule has 0 saturated carbocycles. The van der Waals surface area contributed by atoms with Crippen LogP contribution in [0.4, 0.5) is 5.69 Å². The van der Waals surface area contributed by atoms with Gasteiger partial charge in [-0.2, -0.15) is 0 Å². The van der Waals surface area contributed by atoms with E-state index in [2.05, 4.69) is 5.32 Å². The molecule has 2 rings (SSSR count). The van der Waals surface area contributed by atoms with Crippen LogP contribution in [0.25, 0.3) is 0 Å². The van der Waals surface area contributed by atoms with Crippen LogP contribution < -0.4 is 19.5 Å². The summed E-state index contributed by atoms with van der Waals surface area (Å²) in [5.74, 6) is 0.392. The topological polar surface area (TPSA) is 83.1 Å². The van der Waals surface area contributed by atoms with Crippen molar-refractivity contribution < 1.29 is 28.5 Å². The maximum atomic E-state index is 12.4. The van der Waals surface area contributed by atoms with Crippen molar-refractivity contribution in [3.05, 3.63) is 48.0 Å². The SMILES string of the molecule is CCOc1ccc(NC(=O)C(C)OC(=O)c2cc(OC)ccc2OC)cc1. The van der Waals surface area contributed by atoms with E-state index in [1.54, 1.807) is 36.4 Å². The normalized spacial score (nSPS) is 11.3. The first-order chi connectivity index (χ1) is 13.0. The van der Waals surface area contributed by atoms with Gasteiger partial charge in [0, 0.05) is 5.69 Å². The van der Waals surface area contributed by atoms with Crippen molar-refractivity contribution in [1.82, 2.24) is 0 Å². The Morgan fingerprint density at radius 1 is 1.00 bits per heavy atom. The molecule has 0 spiro atoms. The van der Waals surface area contributed by atoms with Crippen molar-refractivity contribution in [2.75, 3.05) is 26.1 Å². The lowest BCUT2D eigenvalue weighted by atomic mass is 10.2. The number of nitrogens with one attached hydrogen (secondary N) is 1. The maximum absolute atomic E-state index is 12.4. The second kappa shape index (κ2) is 9.47. The highest BCUT2D eigenvalue weighted by Gasteiger charge is 2.22. The molecule has 7 nitrogen and oxygen atoms in total. The Morgan fingerprint density at radius 2 is 1.67 bits per heavy atom. The number of esters is 1. The third-order valence-electron chi connectivity index (χ3n) is 3.71. The van der Waals surface area contributed by atoms with Gasteiger partial charge in [-0.3, -0.25) is 4.79 Å². The van der Waals surface area contributed by atoms with Gasteiger partial charge in [-0.05, 0) is 56.3 Å². The van der Waals surface area contributed by atoms with Gasteiger partial charge in [0.1, 0.15) is 22.8 Å². The van der Waals surface area contributed by atoms with Crippen molar-refractivity contribution >= 4 is 17.6 Å². The van der Waals surface area contributed by atoms with Gasteiger partial charge in [0.2, 0.25) is 0 Å². The van der Waals surface area contributed by atoms with Crippen LogP contribution in [0.15, 0.2) is 42.5 Å². The molecule has 1 N–H and O–H groups in total. The zero-order chi connectivity index (χ0) is 19.8. The van der Waals surface area contributed by atoms with E-state index in [0.29, 0.717) is 29.5 Å². The van der Waals surface area contributed by atoms with Crippen molar-refractivity contribution in [2.45, 2.75) is 20.0 Å². The Labute approximate surface area is 158 Å². The summed E-state index contributed by atoms with van der Waals surface area (Å²) in [7, 11) is 2.93. The second-order valence-electron chi connectivity index (χ2n) is 5.56. The molecule has 0 radical (unpaired) electrons. The average Bonchev–Trinajstić information content (AvgIpc) is 2.68. The number of rotatable bonds is 8. The average molecular weight is 373 g/mol.